The molecule has 1 N–H and O–H groups in total. The van der Waals surface area contributed by atoms with Crippen molar-refractivity contribution in [3.63, 3.8) is 0 Å². The van der Waals surface area contributed by atoms with Gasteiger partial charge in [0, 0.05) is 19.8 Å². The lowest BCUT2D eigenvalue weighted by Crippen LogP contribution is -2.40. The number of para-hydroxylation sites is 2. The molecule has 0 spiro atoms. The van der Waals surface area contributed by atoms with E-state index < -0.39 is 22.0 Å². The second-order valence-corrected chi connectivity index (χ2v) is 8.27. The molecule has 0 aliphatic carbocycles. The van der Waals surface area contributed by atoms with Crippen molar-refractivity contribution >= 4 is 21.6 Å². The Bertz CT molecular complexity index is 940. The van der Waals surface area contributed by atoms with Crippen LogP contribution in [0.15, 0.2) is 47.4 Å². The molecule has 7 nitrogen and oxygen atoms in total. The predicted molar refractivity (Wildman–Crippen MR) is 97.0 cm³/mol. The Labute approximate surface area is 152 Å². The number of carbonyl (C=O) groups excluding carboxylic acids is 1. The van der Waals surface area contributed by atoms with Crippen LogP contribution in [0.25, 0.3) is 0 Å². The third-order valence-corrected chi connectivity index (χ3v) is 5.86. The number of hydrogen-bond donors (Lipinski definition) is 1. The number of aryl methyl sites for hydroxylation is 1. The predicted octanol–water partition coefficient (Wildman–Crippen LogP) is 2.02. The standard InChI is InChI=1S/C18H20N2O5S/c1-12-8-9-13(26(22,23)20(2)3)10-14(12)19-18(21)17-11-24-15-6-4-5-7-16(15)25-17/h4-10,17H,11H2,1-3H3,(H,19,21). The first-order valence-electron chi connectivity index (χ1n) is 8.01. The van der Waals surface area contributed by atoms with Crippen molar-refractivity contribution in [2.75, 3.05) is 26.0 Å². The topological polar surface area (TPSA) is 84.9 Å². The number of fused-ring (bicyclic) bond motifs is 1. The first-order chi connectivity index (χ1) is 12.3. The van der Waals surface area contributed by atoms with E-state index in [0.29, 0.717) is 17.2 Å². The number of nitrogens with one attached hydrogen (secondary N) is 1. The molecule has 8 heteroatoms. The lowest BCUT2D eigenvalue weighted by Gasteiger charge is -2.25. The van der Waals surface area contributed by atoms with E-state index in [2.05, 4.69) is 5.32 Å². The average molecular weight is 376 g/mol. The lowest BCUT2D eigenvalue weighted by atomic mass is 10.2. The number of sulfonamides is 1. The van der Waals surface area contributed by atoms with Crippen LogP contribution in [0.1, 0.15) is 5.56 Å². The molecule has 2 aromatic carbocycles. The van der Waals surface area contributed by atoms with Gasteiger partial charge in [-0.2, -0.15) is 0 Å². The number of nitrogens with zero attached hydrogens (tertiary/aromatic N) is 1. The van der Waals surface area contributed by atoms with Crippen molar-refractivity contribution < 1.29 is 22.7 Å². The Morgan fingerprint density at radius 1 is 1.15 bits per heavy atom. The minimum Gasteiger partial charge on any atom is -0.485 e. The molecule has 1 amide bonds. The molecule has 2 aromatic rings. The summed E-state index contributed by atoms with van der Waals surface area (Å²) in [6, 6.07) is 11.7. The van der Waals surface area contributed by atoms with Gasteiger partial charge in [-0.3, -0.25) is 4.79 Å². The van der Waals surface area contributed by atoms with Gasteiger partial charge < -0.3 is 14.8 Å². The zero-order chi connectivity index (χ0) is 18.9. The fraction of sp³-hybridized carbons (Fsp3) is 0.278. The molecule has 0 saturated heterocycles. The first kappa shape index (κ1) is 18.2. The number of ether oxygens (including phenoxy) is 2. The SMILES string of the molecule is Cc1ccc(S(=O)(=O)N(C)C)cc1NC(=O)C1COc2ccccc2O1. The van der Waals surface area contributed by atoms with Gasteiger partial charge in [-0.15, -0.1) is 0 Å². The summed E-state index contributed by atoms with van der Waals surface area (Å²) in [4.78, 5) is 12.7. The smallest absolute Gasteiger partial charge is 0.269 e. The molecule has 0 saturated carbocycles. The normalized spacial score (nSPS) is 16.4. The molecule has 0 aromatic heterocycles. The van der Waals surface area contributed by atoms with E-state index in [9.17, 15) is 13.2 Å². The van der Waals surface area contributed by atoms with Gasteiger partial charge in [-0.05, 0) is 36.8 Å². The van der Waals surface area contributed by atoms with E-state index in [0.717, 1.165) is 9.87 Å². The summed E-state index contributed by atoms with van der Waals surface area (Å²) >= 11 is 0. The van der Waals surface area contributed by atoms with Crippen LogP contribution in [0, 0.1) is 6.92 Å². The summed E-state index contributed by atoms with van der Waals surface area (Å²) in [5.74, 6) is 0.688. The zero-order valence-corrected chi connectivity index (χ0v) is 15.5. The molecular weight excluding hydrogens is 356 g/mol. The molecular formula is C18H20N2O5S. The summed E-state index contributed by atoms with van der Waals surface area (Å²) in [5, 5.41) is 2.74. The summed E-state index contributed by atoms with van der Waals surface area (Å²) < 4.78 is 36.9. The van der Waals surface area contributed by atoms with Gasteiger partial charge >= 0.3 is 0 Å². The molecule has 26 heavy (non-hydrogen) atoms. The van der Waals surface area contributed by atoms with E-state index in [1.807, 2.05) is 6.07 Å². The van der Waals surface area contributed by atoms with Crippen molar-refractivity contribution in [1.82, 2.24) is 4.31 Å². The maximum absolute atomic E-state index is 12.5. The van der Waals surface area contributed by atoms with Crippen molar-refractivity contribution in [1.29, 1.82) is 0 Å². The van der Waals surface area contributed by atoms with Gasteiger partial charge in [0.05, 0.1) is 4.90 Å². The highest BCUT2D eigenvalue weighted by atomic mass is 32.2. The monoisotopic (exact) mass is 376 g/mol. The summed E-state index contributed by atoms with van der Waals surface area (Å²) in [6.45, 7) is 1.87. The molecule has 1 heterocycles. The molecule has 138 valence electrons. The number of benzene rings is 2. The number of amides is 1. The minimum atomic E-state index is -3.59. The second kappa shape index (κ2) is 6.97. The first-order valence-corrected chi connectivity index (χ1v) is 9.45. The van der Waals surface area contributed by atoms with E-state index in [1.54, 1.807) is 31.2 Å². The molecule has 3 rings (SSSR count). The van der Waals surface area contributed by atoms with Crippen LogP contribution in [-0.4, -0.2) is 45.4 Å². The zero-order valence-electron chi connectivity index (χ0n) is 14.7. The molecule has 1 atom stereocenters. The fourth-order valence-electron chi connectivity index (χ4n) is 2.47. The third-order valence-electron chi connectivity index (χ3n) is 4.05. The van der Waals surface area contributed by atoms with Crippen molar-refractivity contribution in [2.24, 2.45) is 0 Å². The van der Waals surface area contributed by atoms with Gasteiger partial charge in [-0.25, -0.2) is 12.7 Å². The Morgan fingerprint density at radius 3 is 2.54 bits per heavy atom. The minimum absolute atomic E-state index is 0.0809. The molecule has 0 bridgehead atoms. The Kier molecular flexibility index (Phi) is 4.88. The number of rotatable bonds is 4. The number of hydrogen-bond acceptors (Lipinski definition) is 5. The highest BCUT2D eigenvalue weighted by molar-refractivity contribution is 7.89. The summed E-state index contributed by atoms with van der Waals surface area (Å²) in [5.41, 5.74) is 1.16. The summed E-state index contributed by atoms with van der Waals surface area (Å²) in [6.07, 6.45) is -0.821. The van der Waals surface area contributed by atoms with Gasteiger partial charge in [0.25, 0.3) is 5.91 Å². The summed E-state index contributed by atoms with van der Waals surface area (Å²) in [7, 11) is -0.678. The van der Waals surface area contributed by atoms with Crippen molar-refractivity contribution in [3.05, 3.63) is 48.0 Å². The van der Waals surface area contributed by atoms with E-state index in [-0.39, 0.29) is 11.5 Å². The van der Waals surface area contributed by atoms with Crippen molar-refractivity contribution in [3.8, 4) is 11.5 Å². The van der Waals surface area contributed by atoms with E-state index in [4.69, 9.17) is 9.47 Å². The van der Waals surface area contributed by atoms with Crippen LogP contribution < -0.4 is 14.8 Å². The van der Waals surface area contributed by atoms with Gasteiger partial charge in [0.1, 0.15) is 6.61 Å². The molecule has 0 radical (unpaired) electrons. The molecule has 1 aliphatic heterocycles. The van der Waals surface area contributed by atoms with Crippen LogP contribution in [0.4, 0.5) is 5.69 Å². The second-order valence-electron chi connectivity index (χ2n) is 6.12. The van der Waals surface area contributed by atoms with E-state index in [1.165, 1.54) is 26.2 Å². The fourth-order valence-corrected chi connectivity index (χ4v) is 3.40. The molecule has 1 unspecified atom stereocenters. The van der Waals surface area contributed by atoms with Crippen molar-refractivity contribution in [2.45, 2.75) is 17.9 Å². The molecule has 1 aliphatic rings. The molecule has 0 fully saturated rings. The Hall–Kier alpha value is -2.58. The average Bonchev–Trinajstić information content (AvgIpc) is 2.62. The maximum Gasteiger partial charge on any atom is 0.269 e. The van der Waals surface area contributed by atoms with Crippen LogP contribution in [0.3, 0.4) is 0 Å². The van der Waals surface area contributed by atoms with Gasteiger partial charge in [-0.1, -0.05) is 18.2 Å². The van der Waals surface area contributed by atoms with Gasteiger partial charge in [0.15, 0.2) is 11.5 Å². The van der Waals surface area contributed by atoms with Crippen LogP contribution in [0.2, 0.25) is 0 Å². The maximum atomic E-state index is 12.5. The Balaban J connectivity index is 1.80. The number of anilines is 1. The van der Waals surface area contributed by atoms with E-state index >= 15 is 0 Å². The van der Waals surface area contributed by atoms with Crippen LogP contribution >= 0.6 is 0 Å². The Morgan fingerprint density at radius 2 is 1.85 bits per heavy atom. The third kappa shape index (κ3) is 3.51. The largest absolute Gasteiger partial charge is 0.485 e. The number of carbonyl (C=O) groups is 1. The highest BCUT2D eigenvalue weighted by Crippen LogP contribution is 2.31. The quantitative estimate of drug-likeness (QED) is 0.882. The van der Waals surface area contributed by atoms with Crippen LogP contribution in [-0.2, 0) is 14.8 Å². The van der Waals surface area contributed by atoms with Crippen LogP contribution in [0.5, 0.6) is 11.5 Å². The van der Waals surface area contributed by atoms with Gasteiger partial charge in [0.2, 0.25) is 16.1 Å². The lowest BCUT2D eigenvalue weighted by molar-refractivity contribution is -0.125. The highest BCUT2D eigenvalue weighted by Gasteiger charge is 2.28.